The first kappa shape index (κ1) is 10.1. The molecule has 2 aromatic rings. The molecule has 0 aliphatic heterocycles. The van der Waals surface area contributed by atoms with Gasteiger partial charge in [0, 0.05) is 7.05 Å². The average Bonchev–Trinajstić information content (AvgIpc) is 2.70. The molecule has 0 bridgehead atoms. The summed E-state index contributed by atoms with van der Waals surface area (Å²) < 4.78 is 8.12. The maximum absolute atomic E-state index is 11.2. The molecule has 0 radical (unpaired) electrons. The molecule has 5 nitrogen and oxygen atoms in total. The fourth-order valence-corrected chi connectivity index (χ4v) is 1.86. The number of aromatic nitrogens is 2. The van der Waals surface area contributed by atoms with Crippen molar-refractivity contribution in [2.75, 3.05) is 12.4 Å². The summed E-state index contributed by atoms with van der Waals surface area (Å²) in [6, 6.07) is 3.10. The van der Waals surface area contributed by atoms with Gasteiger partial charge in [-0.1, -0.05) is 11.6 Å². The lowest BCUT2D eigenvalue weighted by molar-refractivity contribution is 0.254. The molecule has 2 amide bonds. The zero-order valence-corrected chi connectivity index (χ0v) is 9.32. The van der Waals surface area contributed by atoms with Crippen LogP contribution < -0.4 is 10.6 Å². The van der Waals surface area contributed by atoms with Crippen molar-refractivity contribution in [1.82, 2.24) is 14.1 Å². The van der Waals surface area contributed by atoms with Gasteiger partial charge in [0.05, 0.1) is 22.4 Å². The molecule has 2 N–H and O–H groups in total. The molecule has 0 atom stereocenters. The molecule has 0 fully saturated rings. The van der Waals surface area contributed by atoms with Crippen LogP contribution in [-0.4, -0.2) is 21.8 Å². The lowest BCUT2D eigenvalue weighted by atomic mass is 10.2. The lowest BCUT2D eigenvalue weighted by Crippen LogP contribution is -2.24. The van der Waals surface area contributed by atoms with Crippen LogP contribution in [0.3, 0.4) is 0 Å². The molecule has 1 aromatic carbocycles. The molecule has 0 unspecified atom stereocenters. The first-order chi connectivity index (χ1) is 7.22. The minimum Gasteiger partial charge on any atom is -0.341 e. The first-order valence-electron chi connectivity index (χ1n) is 4.12. The molecule has 0 aliphatic carbocycles. The van der Waals surface area contributed by atoms with Gasteiger partial charge in [-0.25, -0.2) is 4.79 Å². The van der Waals surface area contributed by atoms with E-state index in [4.69, 9.17) is 11.6 Å². The highest BCUT2D eigenvalue weighted by atomic mass is 35.5. The second-order valence-corrected chi connectivity index (χ2v) is 3.69. The molecule has 0 saturated heterocycles. The van der Waals surface area contributed by atoms with Crippen molar-refractivity contribution >= 4 is 46.1 Å². The molecule has 78 valence electrons. The second-order valence-electron chi connectivity index (χ2n) is 2.76. The fourth-order valence-electron chi connectivity index (χ4n) is 1.12. The summed E-state index contributed by atoms with van der Waals surface area (Å²) in [6.45, 7) is 0. The van der Waals surface area contributed by atoms with E-state index in [1.54, 1.807) is 12.1 Å². The third-order valence-corrected chi connectivity index (χ3v) is 2.70. The molecule has 15 heavy (non-hydrogen) atoms. The average molecular weight is 243 g/mol. The van der Waals surface area contributed by atoms with Crippen LogP contribution in [0.4, 0.5) is 10.5 Å². The topological polar surface area (TPSA) is 66.9 Å². The van der Waals surface area contributed by atoms with E-state index in [2.05, 4.69) is 19.4 Å². The van der Waals surface area contributed by atoms with Crippen molar-refractivity contribution < 1.29 is 4.79 Å². The lowest BCUT2D eigenvalue weighted by Gasteiger charge is -2.06. The zero-order chi connectivity index (χ0) is 10.8. The predicted octanol–water partition coefficient (Wildman–Crippen LogP) is 2.10. The van der Waals surface area contributed by atoms with Crippen molar-refractivity contribution in [1.29, 1.82) is 0 Å². The van der Waals surface area contributed by atoms with E-state index in [-0.39, 0.29) is 6.03 Å². The van der Waals surface area contributed by atoms with Crippen LogP contribution in [0.1, 0.15) is 0 Å². The summed E-state index contributed by atoms with van der Waals surface area (Å²) in [5.41, 5.74) is 1.81. The minimum absolute atomic E-state index is 0.336. The number of fused-ring (bicyclic) bond motifs is 1. The van der Waals surface area contributed by atoms with E-state index >= 15 is 0 Å². The van der Waals surface area contributed by atoms with Crippen LogP contribution in [0, 0.1) is 0 Å². The summed E-state index contributed by atoms with van der Waals surface area (Å²) in [5.74, 6) is 0. The number of rotatable bonds is 1. The van der Waals surface area contributed by atoms with Gasteiger partial charge in [-0.05, 0) is 12.1 Å². The van der Waals surface area contributed by atoms with E-state index in [0.717, 1.165) is 17.2 Å². The Morgan fingerprint density at radius 3 is 3.00 bits per heavy atom. The smallest absolute Gasteiger partial charge is 0.319 e. The number of benzene rings is 1. The number of hydrogen-bond acceptors (Lipinski definition) is 4. The first-order valence-corrected chi connectivity index (χ1v) is 5.22. The zero-order valence-electron chi connectivity index (χ0n) is 7.74. The number of halogens is 1. The quantitative estimate of drug-likeness (QED) is 0.805. The van der Waals surface area contributed by atoms with Gasteiger partial charge >= 0.3 is 6.03 Å². The third kappa shape index (κ3) is 1.86. The van der Waals surface area contributed by atoms with Gasteiger partial charge in [0.15, 0.2) is 0 Å². The van der Waals surface area contributed by atoms with Gasteiger partial charge in [0.25, 0.3) is 0 Å². The van der Waals surface area contributed by atoms with Gasteiger partial charge in [0.1, 0.15) is 11.0 Å². The van der Waals surface area contributed by atoms with Gasteiger partial charge in [-0.3, -0.25) is 0 Å². The van der Waals surface area contributed by atoms with E-state index in [1.165, 1.54) is 7.05 Å². The van der Waals surface area contributed by atoms with Crippen LogP contribution in [0.5, 0.6) is 0 Å². The molecule has 7 heteroatoms. The van der Waals surface area contributed by atoms with Gasteiger partial charge < -0.3 is 10.6 Å². The Morgan fingerprint density at radius 2 is 2.27 bits per heavy atom. The summed E-state index contributed by atoms with van der Waals surface area (Å²) in [6.07, 6.45) is 0. The summed E-state index contributed by atoms with van der Waals surface area (Å²) in [7, 11) is 1.53. The Morgan fingerprint density at radius 1 is 1.47 bits per heavy atom. The molecular formula is C8H7ClN4OS. The van der Waals surface area contributed by atoms with Crippen molar-refractivity contribution in [2.24, 2.45) is 0 Å². The SMILES string of the molecule is CNC(=O)Nc1c(Cl)ccc2nsnc12. The van der Waals surface area contributed by atoms with E-state index in [9.17, 15) is 4.79 Å². The number of carbonyl (C=O) groups excluding carboxylic acids is 1. The van der Waals surface area contributed by atoms with Gasteiger partial charge in [-0.15, -0.1) is 0 Å². The summed E-state index contributed by atoms with van der Waals surface area (Å²) in [4.78, 5) is 11.2. The highest BCUT2D eigenvalue weighted by molar-refractivity contribution is 7.00. The van der Waals surface area contributed by atoms with E-state index in [0.29, 0.717) is 16.2 Å². The maximum atomic E-state index is 11.2. The molecule has 1 heterocycles. The molecule has 2 rings (SSSR count). The molecule has 0 aliphatic rings. The highest BCUT2D eigenvalue weighted by Crippen LogP contribution is 2.29. The van der Waals surface area contributed by atoms with Gasteiger partial charge in [-0.2, -0.15) is 8.75 Å². The standard InChI is InChI=1S/C8H7ClN4OS/c1-10-8(14)11-6-4(9)2-3-5-7(6)13-15-12-5/h2-3H,1H3,(H2,10,11,14). The largest absolute Gasteiger partial charge is 0.341 e. The van der Waals surface area contributed by atoms with Crippen molar-refractivity contribution in [3.05, 3.63) is 17.2 Å². The second kappa shape index (κ2) is 4.00. The third-order valence-electron chi connectivity index (χ3n) is 1.84. The summed E-state index contributed by atoms with van der Waals surface area (Å²) >= 11 is 7.04. The highest BCUT2D eigenvalue weighted by Gasteiger charge is 2.11. The van der Waals surface area contributed by atoms with Crippen molar-refractivity contribution in [3.8, 4) is 0 Å². The van der Waals surface area contributed by atoms with Crippen LogP contribution in [0.25, 0.3) is 11.0 Å². The summed E-state index contributed by atoms with van der Waals surface area (Å²) in [5, 5.41) is 5.50. The van der Waals surface area contributed by atoms with Gasteiger partial charge in [0.2, 0.25) is 0 Å². The van der Waals surface area contributed by atoms with Crippen molar-refractivity contribution in [2.45, 2.75) is 0 Å². The number of nitrogens with zero attached hydrogens (tertiary/aromatic N) is 2. The van der Waals surface area contributed by atoms with Crippen LogP contribution in [-0.2, 0) is 0 Å². The van der Waals surface area contributed by atoms with Crippen LogP contribution >= 0.6 is 23.3 Å². The van der Waals surface area contributed by atoms with Crippen LogP contribution in [0.2, 0.25) is 5.02 Å². The Labute approximate surface area is 94.8 Å². The van der Waals surface area contributed by atoms with Crippen LogP contribution in [0.15, 0.2) is 12.1 Å². The normalized spacial score (nSPS) is 10.3. The number of amides is 2. The Bertz CT molecular complexity index is 512. The molecule has 1 aromatic heterocycles. The number of carbonyl (C=O) groups is 1. The van der Waals surface area contributed by atoms with E-state index < -0.39 is 0 Å². The Hall–Kier alpha value is -1.40. The fraction of sp³-hybridized carbons (Fsp3) is 0.125. The number of nitrogens with one attached hydrogen (secondary N) is 2. The predicted molar refractivity (Wildman–Crippen MR) is 60.5 cm³/mol. The minimum atomic E-state index is -0.336. The van der Waals surface area contributed by atoms with E-state index in [1.807, 2.05) is 0 Å². The molecular weight excluding hydrogens is 236 g/mol. The molecule has 0 spiro atoms. The maximum Gasteiger partial charge on any atom is 0.319 e. The number of urea groups is 1. The number of hydrogen-bond donors (Lipinski definition) is 2. The van der Waals surface area contributed by atoms with Crippen molar-refractivity contribution in [3.63, 3.8) is 0 Å². The monoisotopic (exact) mass is 242 g/mol. The molecule has 0 saturated carbocycles. The Balaban J connectivity index is 2.51. The Kier molecular flexibility index (Phi) is 2.70. The number of anilines is 1.